The number of likely N-dealkylation sites (tertiary alicyclic amines) is 1. The third kappa shape index (κ3) is 6.13. The fourth-order valence-corrected chi connectivity index (χ4v) is 4.51. The molecule has 2 heterocycles. The molecule has 1 aromatic rings. The van der Waals surface area contributed by atoms with Gasteiger partial charge >= 0.3 is 0 Å². The van der Waals surface area contributed by atoms with Crippen molar-refractivity contribution in [3.05, 3.63) is 23.8 Å². The molecule has 0 aliphatic carbocycles. The van der Waals surface area contributed by atoms with Gasteiger partial charge in [0.2, 0.25) is 5.91 Å². The second-order valence-electron chi connectivity index (χ2n) is 8.32. The predicted molar refractivity (Wildman–Crippen MR) is 112 cm³/mol. The van der Waals surface area contributed by atoms with Crippen LogP contribution in [-0.2, 0) is 11.2 Å². The Balaban J connectivity index is 1.38. The van der Waals surface area contributed by atoms with Crippen LogP contribution >= 0.6 is 0 Å². The van der Waals surface area contributed by atoms with Gasteiger partial charge in [0.25, 0.3) is 0 Å². The summed E-state index contributed by atoms with van der Waals surface area (Å²) in [4.78, 5) is 14.7. The van der Waals surface area contributed by atoms with E-state index < -0.39 is 0 Å². The van der Waals surface area contributed by atoms with E-state index in [-0.39, 0.29) is 0 Å². The van der Waals surface area contributed by atoms with Gasteiger partial charge in [0.15, 0.2) is 0 Å². The second-order valence-corrected chi connectivity index (χ2v) is 8.32. The van der Waals surface area contributed by atoms with E-state index in [2.05, 4.69) is 22.3 Å². The minimum absolute atomic E-state index is 0.370. The lowest BCUT2D eigenvalue weighted by Gasteiger charge is -2.32. The molecule has 0 unspecified atom stereocenters. The zero-order chi connectivity index (χ0) is 19.8. The van der Waals surface area contributed by atoms with Crippen LogP contribution in [0.3, 0.4) is 0 Å². The Morgan fingerprint density at radius 3 is 2.18 bits per heavy atom. The molecule has 0 aromatic heterocycles. The van der Waals surface area contributed by atoms with Crippen molar-refractivity contribution in [2.45, 2.75) is 51.4 Å². The number of carbonyl (C=O) groups excluding carboxylic acids is 1. The summed E-state index contributed by atoms with van der Waals surface area (Å²) < 4.78 is 10.7. The number of aryl methyl sites for hydroxylation is 1. The third-order valence-corrected chi connectivity index (χ3v) is 6.44. The van der Waals surface area contributed by atoms with E-state index in [9.17, 15) is 4.79 Å². The highest BCUT2D eigenvalue weighted by Crippen LogP contribution is 2.27. The van der Waals surface area contributed by atoms with Crippen molar-refractivity contribution in [3.63, 3.8) is 0 Å². The molecule has 2 aliphatic rings. The van der Waals surface area contributed by atoms with Gasteiger partial charge in [0.05, 0.1) is 14.2 Å². The molecule has 0 radical (unpaired) electrons. The Bertz CT molecular complexity index is 598. The summed E-state index contributed by atoms with van der Waals surface area (Å²) in [5.74, 6) is 3.51. The highest BCUT2D eigenvalue weighted by atomic mass is 16.5. The van der Waals surface area contributed by atoms with Crippen LogP contribution in [0, 0.1) is 11.8 Å². The number of piperidine rings is 2. The van der Waals surface area contributed by atoms with Crippen molar-refractivity contribution < 1.29 is 14.3 Å². The lowest BCUT2D eigenvalue weighted by atomic mass is 9.89. The van der Waals surface area contributed by atoms with Crippen LogP contribution in [0.2, 0.25) is 0 Å². The van der Waals surface area contributed by atoms with Gasteiger partial charge in [-0.25, -0.2) is 0 Å². The Kier molecular flexibility index (Phi) is 8.01. The molecule has 28 heavy (non-hydrogen) atoms. The maximum Gasteiger partial charge on any atom is 0.222 e. The molecule has 1 N–H and O–H groups in total. The van der Waals surface area contributed by atoms with Gasteiger partial charge in [-0.1, -0.05) is 0 Å². The minimum Gasteiger partial charge on any atom is -0.497 e. The number of hydrogen-bond acceptors (Lipinski definition) is 4. The van der Waals surface area contributed by atoms with Crippen LogP contribution in [0.1, 0.15) is 50.5 Å². The fourth-order valence-electron chi connectivity index (χ4n) is 4.51. The van der Waals surface area contributed by atoms with Gasteiger partial charge in [-0.3, -0.25) is 4.79 Å². The van der Waals surface area contributed by atoms with Crippen LogP contribution in [0.4, 0.5) is 0 Å². The highest BCUT2D eigenvalue weighted by Gasteiger charge is 2.23. The molecule has 2 fully saturated rings. The van der Waals surface area contributed by atoms with Crippen molar-refractivity contribution in [3.8, 4) is 11.5 Å². The van der Waals surface area contributed by atoms with Crippen LogP contribution in [0.15, 0.2) is 18.2 Å². The molecule has 2 saturated heterocycles. The molecule has 0 bridgehead atoms. The topological polar surface area (TPSA) is 50.8 Å². The Hall–Kier alpha value is -1.75. The molecule has 0 saturated carbocycles. The van der Waals surface area contributed by atoms with Crippen LogP contribution in [0.25, 0.3) is 0 Å². The molecule has 3 rings (SSSR count). The van der Waals surface area contributed by atoms with E-state index in [0.717, 1.165) is 82.1 Å². The zero-order valence-electron chi connectivity index (χ0n) is 17.5. The van der Waals surface area contributed by atoms with E-state index in [1.165, 1.54) is 18.4 Å². The monoisotopic (exact) mass is 388 g/mol. The second kappa shape index (κ2) is 10.7. The summed E-state index contributed by atoms with van der Waals surface area (Å²) in [6.45, 7) is 4.08. The average molecular weight is 389 g/mol. The van der Waals surface area contributed by atoms with Gasteiger partial charge in [0, 0.05) is 25.6 Å². The molecule has 5 nitrogen and oxygen atoms in total. The molecule has 156 valence electrons. The normalized spacial score (nSPS) is 18.9. The Labute approximate surface area is 169 Å². The van der Waals surface area contributed by atoms with E-state index in [1.54, 1.807) is 14.2 Å². The Morgan fingerprint density at radius 1 is 0.964 bits per heavy atom. The number of amides is 1. The number of ether oxygens (including phenoxy) is 2. The van der Waals surface area contributed by atoms with Crippen molar-refractivity contribution in [2.75, 3.05) is 40.4 Å². The van der Waals surface area contributed by atoms with Gasteiger partial charge in [-0.2, -0.15) is 0 Å². The first kappa shape index (κ1) is 21.0. The highest BCUT2D eigenvalue weighted by molar-refractivity contribution is 5.76. The molecular weight excluding hydrogens is 352 g/mol. The van der Waals surface area contributed by atoms with E-state index in [4.69, 9.17) is 9.47 Å². The van der Waals surface area contributed by atoms with Crippen molar-refractivity contribution in [2.24, 2.45) is 11.8 Å². The quantitative estimate of drug-likeness (QED) is 0.738. The number of rotatable bonds is 8. The molecule has 2 aliphatic heterocycles. The number of methoxy groups -OCH3 is 2. The average Bonchev–Trinajstić information content (AvgIpc) is 2.76. The van der Waals surface area contributed by atoms with Crippen LogP contribution in [-0.4, -0.2) is 51.2 Å². The van der Waals surface area contributed by atoms with Crippen molar-refractivity contribution >= 4 is 5.91 Å². The van der Waals surface area contributed by atoms with E-state index >= 15 is 0 Å². The van der Waals surface area contributed by atoms with Crippen LogP contribution in [0.5, 0.6) is 11.5 Å². The fraction of sp³-hybridized carbons (Fsp3) is 0.696. The molecule has 1 aromatic carbocycles. The summed E-state index contributed by atoms with van der Waals surface area (Å²) in [5, 5.41) is 3.40. The first-order chi connectivity index (χ1) is 13.7. The smallest absolute Gasteiger partial charge is 0.222 e. The molecular formula is C23H36N2O3. The van der Waals surface area contributed by atoms with Gasteiger partial charge in [-0.05, 0) is 87.6 Å². The number of carbonyl (C=O) groups is 1. The SMILES string of the molecule is COc1cc(CCC2CCN(C(=O)CCC3CCNCC3)CC2)cc(OC)c1. The summed E-state index contributed by atoms with van der Waals surface area (Å²) >= 11 is 0. The lowest BCUT2D eigenvalue weighted by Crippen LogP contribution is -2.39. The van der Waals surface area contributed by atoms with Crippen molar-refractivity contribution in [1.29, 1.82) is 0 Å². The number of benzene rings is 1. The first-order valence-electron chi connectivity index (χ1n) is 10.9. The van der Waals surface area contributed by atoms with E-state index in [1.807, 2.05) is 6.07 Å². The number of hydrogen-bond donors (Lipinski definition) is 1. The third-order valence-electron chi connectivity index (χ3n) is 6.44. The summed E-state index contributed by atoms with van der Waals surface area (Å²) in [6, 6.07) is 6.11. The molecule has 0 atom stereocenters. The predicted octanol–water partition coefficient (Wildman–Crippen LogP) is 3.65. The van der Waals surface area contributed by atoms with Crippen molar-refractivity contribution in [1.82, 2.24) is 10.2 Å². The summed E-state index contributed by atoms with van der Waals surface area (Å²) in [6.07, 6.45) is 8.70. The maximum atomic E-state index is 12.6. The van der Waals surface area contributed by atoms with Gasteiger partial charge < -0.3 is 19.7 Å². The summed E-state index contributed by atoms with van der Waals surface area (Å²) in [7, 11) is 3.38. The van der Waals surface area contributed by atoms with E-state index in [0.29, 0.717) is 11.8 Å². The summed E-state index contributed by atoms with van der Waals surface area (Å²) in [5.41, 5.74) is 1.26. The number of nitrogens with one attached hydrogen (secondary N) is 1. The minimum atomic E-state index is 0.370. The van der Waals surface area contributed by atoms with Crippen LogP contribution < -0.4 is 14.8 Å². The Morgan fingerprint density at radius 2 is 1.57 bits per heavy atom. The number of nitrogens with zero attached hydrogens (tertiary/aromatic N) is 1. The zero-order valence-corrected chi connectivity index (χ0v) is 17.5. The van der Waals surface area contributed by atoms with Gasteiger partial charge in [0.1, 0.15) is 11.5 Å². The molecule has 1 amide bonds. The first-order valence-corrected chi connectivity index (χ1v) is 10.9. The van der Waals surface area contributed by atoms with Gasteiger partial charge in [-0.15, -0.1) is 0 Å². The molecule has 5 heteroatoms. The largest absolute Gasteiger partial charge is 0.497 e. The lowest BCUT2D eigenvalue weighted by molar-refractivity contribution is -0.133. The molecule has 0 spiro atoms. The maximum absolute atomic E-state index is 12.6. The standard InChI is InChI=1S/C23H36N2O3/c1-27-21-15-20(16-22(17-21)28-2)4-3-19-9-13-25(14-10-19)23(26)6-5-18-7-11-24-12-8-18/h15-19,24H,3-14H2,1-2H3.